The number of hydrogen-bond donors (Lipinski definition) is 0. The first-order valence-electron chi connectivity index (χ1n) is 9.16. The maximum Gasteiger partial charge on any atom is 0.276 e. The second kappa shape index (κ2) is 6.09. The van der Waals surface area contributed by atoms with Crippen molar-refractivity contribution in [2.45, 2.75) is 30.8 Å². The van der Waals surface area contributed by atoms with Crippen LogP contribution in [0.2, 0.25) is 0 Å². The van der Waals surface area contributed by atoms with Crippen molar-refractivity contribution in [1.29, 1.82) is 0 Å². The Morgan fingerprint density at radius 1 is 1.35 bits per heavy atom. The van der Waals surface area contributed by atoms with Gasteiger partial charge < -0.3 is 18.9 Å². The second-order valence-corrected chi connectivity index (χ2v) is 7.45. The number of hydrogen-bond acceptors (Lipinski definition) is 6. The number of rotatable bonds is 5. The van der Waals surface area contributed by atoms with E-state index in [9.17, 15) is 4.79 Å². The van der Waals surface area contributed by atoms with Gasteiger partial charge in [-0.05, 0) is 31.4 Å². The number of ether oxygens (including phenoxy) is 2. The topological polar surface area (TPSA) is 77.7 Å². The summed E-state index contributed by atoms with van der Waals surface area (Å²) in [5, 5.41) is 3.95. The predicted molar refractivity (Wildman–Crippen MR) is 90.9 cm³/mol. The van der Waals surface area contributed by atoms with E-state index in [2.05, 4.69) is 10.1 Å². The number of carbonyl (C=O) groups is 1. The second-order valence-electron chi connectivity index (χ2n) is 7.45. The highest BCUT2D eigenvalue weighted by atomic mass is 16.5. The third-order valence-corrected chi connectivity index (χ3v) is 5.62. The first-order valence-corrected chi connectivity index (χ1v) is 9.16. The Morgan fingerprint density at radius 3 is 3.00 bits per heavy atom. The van der Waals surface area contributed by atoms with Crippen molar-refractivity contribution < 1.29 is 18.8 Å². The van der Waals surface area contributed by atoms with Gasteiger partial charge in [0.15, 0.2) is 5.69 Å². The molecule has 7 heteroatoms. The van der Waals surface area contributed by atoms with Gasteiger partial charge in [0, 0.05) is 30.7 Å². The van der Waals surface area contributed by atoms with Crippen LogP contribution in [0.15, 0.2) is 35.1 Å². The van der Waals surface area contributed by atoms with E-state index >= 15 is 0 Å². The van der Waals surface area contributed by atoms with Crippen LogP contribution in [0.1, 0.15) is 41.4 Å². The summed E-state index contributed by atoms with van der Waals surface area (Å²) in [4.78, 5) is 18.5. The van der Waals surface area contributed by atoms with Gasteiger partial charge >= 0.3 is 0 Å². The molecule has 0 unspecified atom stereocenters. The van der Waals surface area contributed by atoms with E-state index in [1.54, 1.807) is 23.4 Å². The molecule has 1 aliphatic carbocycles. The van der Waals surface area contributed by atoms with Gasteiger partial charge in [-0.1, -0.05) is 5.16 Å². The third kappa shape index (κ3) is 2.76. The van der Waals surface area contributed by atoms with E-state index in [0.717, 1.165) is 30.8 Å². The summed E-state index contributed by atoms with van der Waals surface area (Å²) in [5.74, 6) is 2.25. The zero-order chi connectivity index (χ0) is 17.6. The maximum atomic E-state index is 12.6. The molecule has 1 saturated carbocycles. The molecule has 3 aliphatic rings. The van der Waals surface area contributed by atoms with Gasteiger partial charge in [0.1, 0.15) is 17.1 Å². The standard InChI is InChI=1S/C19H21N3O4/c23-18(16-8-17(26-21-16)13-3-4-13)22-11-19(12-22)14(5-7-25-19)10-24-15-2-1-6-20-9-15/h1-2,6,8-9,13-14H,3-5,7,10-12H2/t14-/m1/s1. The van der Waals surface area contributed by atoms with Crippen LogP contribution in [-0.2, 0) is 4.74 Å². The summed E-state index contributed by atoms with van der Waals surface area (Å²) in [6, 6.07) is 5.55. The van der Waals surface area contributed by atoms with Crippen molar-refractivity contribution in [3.8, 4) is 5.75 Å². The van der Waals surface area contributed by atoms with E-state index in [1.807, 2.05) is 12.1 Å². The molecule has 26 heavy (non-hydrogen) atoms. The van der Waals surface area contributed by atoms with Crippen molar-refractivity contribution in [1.82, 2.24) is 15.0 Å². The molecule has 3 fully saturated rings. The molecule has 1 atom stereocenters. The summed E-state index contributed by atoms with van der Waals surface area (Å²) in [6.45, 7) is 2.44. The lowest BCUT2D eigenvalue weighted by atomic mass is 9.81. The molecule has 7 nitrogen and oxygen atoms in total. The molecule has 136 valence electrons. The average molecular weight is 355 g/mol. The van der Waals surface area contributed by atoms with Crippen LogP contribution in [0, 0.1) is 5.92 Å². The van der Waals surface area contributed by atoms with E-state index < -0.39 is 0 Å². The minimum absolute atomic E-state index is 0.0753. The van der Waals surface area contributed by atoms with Crippen molar-refractivity contribution >= 4 is 5.91 Å². The van der Waals surface area contributed by atoms with Crippen molar-refractivity contribution in [2.24, 2.45) is 5.92 Å². The van der Waals surface area contributed by atoms with Crippen LogP contribution < -0.4 is 4.74 Å². The third-order valence-electron chi connectivity index (χ3n) is 5.62. The molecule has 1 spiro atoms. The molecule has 0 aromatic carbocycles. The Bertz CT molecular complexity index is 796. The van der Waals surface area contributed by atoms with E-state index in [1.165, 1.54) is 0 Å². The monoisotopic (exact) mass is 355 g/mol. The van der Waals surface area contributed by atoms with Gasteiger partial charge in [-0.3, -0.25) is 9.78 Å². The van der Waals surface area contributed by atoms with Crippen LogP contribution in [-0.4, -0.2) is 52.9 Å². The zero-order valence-electron chi connectivity index (χ0n) is 14.5. The Kier molecular flexibility index (Phi) is 3.70. The minimum atomic E-state index is -0.291. The molecule has 4 heterocycles. The van der Waals surface area contributed by atoms with Gasteiger partial charge in [0.25, 0.3) is 5.91 Å². The van der Waals surface area contributed by atoms with Crippen LogP contribution in [0.5, 0.6) is 5.75 Å². The fourth-order valence-electron chi connectivity index (χ4n) is 3.86. The Morgan fingerprint density at radius 2 is 2.23 bits per heavy atom. The molecule has 2 aromatic heterocycles. The molecule has 5 rings (SSSR count). The fourth-order valence-corrected chi connectivity index (χ4v) is 3.86. The molecule has 0 N–H and O–H groups in total. The van der Waals surface area contributed by atoms with Gasteiger partial charge in [0.2, 0.25) is 0 Å². The zero-order valence-corrected chi connectivity index (χ0v) is 14.5. The predicted octanol–water partition coefficient (Wildman–Crippen LogP) is 2.26. The molecule has 2 aromatic rings. The Hall–Kier alpha value is -2.41. The van der Waals surface area contributed by atoms with Gasteiger partial charge in [-0.25, -0.2) is 0 Å². The summed E-state index contributed by atoms with van der Waals surface area (Å²) in [7, 11) is 0. The average Bonchev–Trinajstić information content (AvgIpc) is 3.21. The molecule has 2 saturated heterocycles. The fraction of sp³-hybridized carbons (Fsp3) is 0.526. The molecule has 0 radical (unpaired) electrons. The molecule has 2 aliphatic heterocycles. The van der Waals surface area contributed by atoms with Gasteiger partial charge in [0.05, 0.1) is 25.9 Å². The number of carbonyl (C=O) groups excluding carboxylic acids is 1. The smallest absolute Gasteiger partial charge is 0.276 e. The van der Waals surface area contributed by atoms with Crippen LogP contribution in [0.4, 0.5) is 0 Å². The van der Waals surface area contributed by atoms with Crippen molar-refractivity contribution in [3.05, 3.63) is 42.0 Å². The molecule has 0 bridgehead atoms. The van der Waals surface area contributed by atoms with E-state index in [0.29, 0.717) is 37.9 Å². The van der Waals surface area contributed by atoms with Gasteiger partial charge in [-0.2, -0.15) is 0 Å². The number of likely N-dealkylation sites (tertiary alicyclic amines) is 1. The summed E-state index contributed by atoms with van der Waals surface area (Å²) < 4.78 is 17.2. The lowest BCUT2D eigenvalue weighted by Gasteiger charge is -2.49. The SMILES string of the molecule is O=C(c1cc(C2CC2)on1)N1CC2(C1)OCC[C@@H]2COc1cccnc1. The minimum Gasteiger partial charge on any atom is -0.492 e. The summed E-state index contributed by atoms with van der Waals surface area (Å²) in [6.07, 6.45) is 6.63. The van der Waals surface area contributed by atoms with Crippen LogP contribution in [0.3, 0.4) is 0 Å². The van der Waals surface area contributed by atoms with Crippen molar-refractivity contribution in [3.63, 3.8) is 0 Å². The van der Waals surface area contributed by atoms with E-state index in [-0.39, 0.29) is 17.4 Å². The quantitative estimate of drug-likeness (QED) is 0.819. The number of nitrogens with zero attached hydrogens (tertiary/aromatic N) is 3. The molecular formula is C19H21N3O4. The largest absolute Gasteiger partial charge is 0.492 e. The first-order chi connectivity index (χ1) is 12.7. The highest BCUT2D eigenvalue weighted by Gasteiger charge is 2.55. The maximum absolute atomic E-state index is 12.6. The molecular weight excluding hydrogens is 334 g/mol. The molecule has 1 amide bonds. The summed E-state index contributed by atoms with van der Waals surface area (Å²) >= 11 is 0. The van der Waals surface area contributed by atoms with Gasteiger partial charge in [-0.15, -0.1) is 0 Å². The Labute approximate surface area is 151 Å². The number of pyridine rings is 1. The lowest BCUT2D eigenvalue weighted by molar-refractivity contribution is -0.122. The highest BCUT2D eigenvalue weighted by Crippen LogP contribution is 2.42. The van der Waals surface area contributed by atoms with Crippen LogP contribution in [0.25, 0.3) is 0 Å². The highest BCUT2D eigenvalue weighted by molar-refractivity contribution is 5.93. The number of aromatic nitrogens is 2. The summed E-state index contributed by atoms with van der Waals surface area (Å²) in [5.41, 5.74) is 0.115. The van der Waals surface area contributed by atoms with Crippen LogP contribution >= 0.6 is 0 Å². The Balaban J connectivity index is 1.20. The van der Waals surface area contributed by atoms with Crippen molar-refractivity contribution in [2.75, 3.05) is 26.3 Å². The first kappa shape index (κ1) is 15.8. The lowest BCUT2D eigenvalue weighted by Crippen LogP contribution is -2.66. The van der Waals surface area contributed by atoms with E-state index in [4.69, 9.17) is 14.0 Å². The normalized spacial score (nSPS) is 23.8. The number of amides is 1.